The molecular weight excluding hydrogens is 216 g/mol. The average molecular weight is 242 g/mol. The molecule has 0 amide bonds. The fraction of sp³-hybridized carbons (Fsp3) is 0.929. The lowest BCUT2D eigenvalue weighted by molar-refractivity contribution is -0.147. The van der Waals surface area contributed by atoms with E-state index in [1.165, 1.54) is 25.7 Å². The Hall–Kier alpha value is -0.570. The Morgan fingerprint density at radius 3 is 2.41 bits per heavy atom. The van der Waals surface area contributed by atoms with Crippen LogP contribution in [0.25, 0.3) is 0 Å². The first-order chi connectivity index (χ1) is 7.92. The van der Waals surface area contributed by atoms with Crippen LogP contribution in [0.15, 0.2) is 0 Å². The minimum absolute atomic E-state index is 0.416. The summed E-state index contributed by atoms with van der Waals surface area (Å²) < 4.78 is 5.81. The van der Waals surface area contributed by atoms with Crippen LogP contribution in [0.4, 0.5) is 0 Å². The second-order valence-corrected chi connectivity index (χ2v) is 6.05. The van der Waals surface area contributed by atoms with Gasteiger partial charge in [0.15, 0.2) is 0 Å². The van der Waals surface area contributed by atoms with Crippen molar-refractivity contribution < 1.29 is 14.6 Å². The van der Waals surface area contributed by atoms with Crippen molar-refractivity contribution in [3.05, 3.63) is 0 Å². The predicted molar refractivity (Wildman–Crippen MR) is 68.0 cm³/mol. The van der Waals surface area contributed by atoms with Gasteiger partial charge in [-0.25, -0.2) is 0 Å². The molecule has 100 valence electrons. The molecule has 0 aromatic heterocycles. The minimum atomic E-state index is -0.719. The van der Waals surface area contributed by atoms with Crippen LogP contribution in [-0.4, -0.2) is 23.8 Å². The van der Waals surface area contributed by atoms with Crippen molar-refractivity contribution >= 4 is 5.97 Å². The van der Waals surface area contributed by atoms with Crippen molar-refractivity contribution in [3.8, 4) is 0 Å². The summed E-state index contributed by atoms with van der Waals surface area (Å²) in [5, 5.41) is 8.98. The zero-order valence-electron chi connectivity index (χ0n) is 11.4. The van der Waals surface area contributed by atoms with E-state index in [0.29, 0.717) is 19.1 Å². The average Bonchev–Trinajstić information content (AvgIpc) is 2.26. The monoisotopic (exact) mass is 242 g/mol. The van der Waals surface area contributed by atoms with E-state index in [4.69, 9.17) is 9.84 Å². The zero-order chi connectivity index (χ0) is 12.9. The van der Waals surface area contributed by atoms with Crippen molar-refractivity contribution in [3.63, 3.8) is 0 Å². The van der Waals surface area contributed by atoms with E-state index in [1.54, 1.807) is 13.8 Å². The smallest absolute Gasteiger partial charge is 0.309 e. The molecule has 0 spiro atoms. The molecular formula is C14H26O3. The molecule has 1 fully saturated rings. The predicted octanol–water partition coefficient (Wildman–Crippen LogP) is 3.47. The molecule has 1 rings (SSSR count). The quantitative estimate of drug-likeness (QED) is 0.725. The molecule has 0 radical (unpaired) electrons. The molecule has 0 saturated heterocycles. The third-order valence-corrected chi connectivity index (χ3v) is 3.84. The minimum Gasteiger partial charge on any atom is -0.481 e. The molecule has 0 aromatic rings. The van der Waals surface area contributed by atoms with Gasteiger partial charge in [0, 0.05) is 6.61 Å². The van der Waals surface area contributed by atoms with Crippen molar-refractivity contribution in [1.29, 1.82) is 0 Å². The van der Waals surface area contributed by atoms with Gasteiger partial charge in [0.25, 0.3) is 0 Å². The van der Waals surface area contributed by atoms with Gasteiger partial charge >= 0.3 is 5.97 Å². The maximum Gasteiger partial charge on any atom is 0.309 e. The summed E-state index contributed by atoms with van der Waals surface area (Å²) in [7, 11) is 0. The lowest BCUT2D eigenvalue weighted by Crippen LogP contribution is -2.25. The number of carbonyl (C=O) groups is 1. The Labute approximate surface area is 105 Å². The molecule has 1 saturated carbocycles. The number of rotatable bonds is 6. The number of hydrogen-bond donors (Lipinski definition) is 1. The summed E-state index contributed by atoms with van der Waals surface area (Å²) in [5.74, 6) is 0.129. The lowest BCUT2D eigenvalue weighted by Gasteiger charge is -2.26. The summed E-state index contributed by atoms with van der Waals surface area (Å²) >= 11 is 0. The Balaban J connectivity index is 2.10. The van der Waals surface area contributed by atoms with Crippen LogP contribution in [0.3, 0.4) is 0 Å². The van der Waals surface area contributed by atoms with Gasteiger partial charge in [0.2, 0.25) is 0 Å². The Bertz CT molecular complexity index is 240. The molecule has 3 heteroatoms. The largest absolute Gasteiger partial charge is 0.481 e. The fourth-order valence-corrected chi connectivity index (χ4v) is 2.27. The fourth-order valence-electron chi connectivity index (χ4n) is 2.27. The van der Waals surface area contributed by atoms with Crippen LogP contribution in [0.2, 0.25) is 0 Å². The number of carboxylic acid groups (broad SMARTS) is 1. The molecule has 3 nitrogen and oxygen atoms in total. The molecule has 1 aliphatic carbocycles. The molecule has 0 bridgehead atoms. The van der Waals surface area contributed by atoms with Gasteiger partial charge in [-0.2, -0.15) is 0 Å². The van der Waals surface area contributed by atoms with E-state index < -0.39 is 11.4 Å². The van der Waals surface area contributed by atoms with E-state index in [0.717, 1.165) is 12.3 Å². The Kier molecular flexibility index (Phi) is 5.44. The maximum atomic E-state index is 10.9. The molecule has 0 atom stereocenters. The number of hydrogen-bond acceptors (Lipinski definition) is 2. The number of ether oxygens (including phenoxy) is 1. The van der Waals surface area contributed by atoms with Gasteiger partial charge < -0.3 is 9.84 Å². The van der Waals surface area contributed by atoms with E-state index in [-0.39, 0.29) is 0 Å². The summed E-state index contributed by atoms with van der Waals surface area (Å²) in [6, 6.07) is 0. The molecule has 0 aliphatic heterocycles. The van der Waals surface area contributed by atoms with Crippen LogP contribution in [0, 0.1) is 11.3 Å². The van der Waals surface area contributed by atoms with E-state index in [2.05, 4.69) is 6.92 Å². The van der Waals surface area contributed by atoms with Crippen molar-refractivity contribution in [2.24, 2.45) is 11.3 Å². The molecule has 0 unspecified atom stereocenters. The highest BCUT2D eigenvalue weighted by atomic mass is 16.5. The first-order valence-corrected chi connectivity index (χ1v) is 6.77. The highest BCUT2D eigenvalue weighted by Gasteiger charge is 2.26. The third-order valence-electron chi connectivity index (χ3n) is 3.84. The van der Waals surface area contributed by atoms with E-state index in [9.17, 15) is 4.79 Å². The van der Waals surface area contributed by atoms with Crippen molar-refractivity contribution in [2.45, 2.75) is 65.4 Å². The summed E-state index contributed by atoms with van der Waals surface area (Å²) in [6.45, 7) is 6.55. The van der Waals surface area contributed by atoms with Crippen LogP contribution < -0.4 is 0 Å². The normalized spacial score (nSPS) is 25.8. The van der Waals surface area contributed by atoms with E-state index in [1.807, 2.05) is 0 Å². The van der Waals surface area contributed by atoms with Gasteiger partial charge in [0.05, 0.1) is 11.5 Å². The van der Waals surface area contributed by atoms with E-state index >= 15 is 0 Å². The topological polar surface area (TPSA) is 46.5 Å². The zero-order valence-corrected chi connectivity index (χ0v) is 11.4. The second kappa shape index (κ2) is 6.39. The summed E-state index contributed by atoms with van der Waals surface area (Å²) in [5.41, 5.74) is -0.621. The SMILES string of the molecule is CC1CCC(OCCCC(C)(C)C(=O)O)CC1. The molecule has 17 heavy (non-hydrogen) atoms. The lowest BCUT2D eigenvalue weighted by atomic mass is 9.88. The van der Waals surface area contributed by atoms with Crippen LogP contribution in [0.1, 0.15) is 59.3 Å². The van der Waals surface area contributed by atoms with Gasteiger partial charge in [-0.1, -0.05) is 6.92 Å². The Morgan fingerprint density at radius 2 is 1.88 bits per heavy atom. The number of aliphatic carboxylic acids is 1. The third kappa shape index (κ3) is 5.07. The standard InChI is InChI=1S/C14H26O3/c1-11-5-7-12(8-6-11)17-10-4-9-14(2,3)13(15)16/h11-12H,4-10H2,1-3H3,(H,15,16). The van der Waals surface area contributed by atoms with Gasteiger partial charge in [-0.05, 0) is 58.3 Å². The second-order valence-electron chi connectivity index (χ2n) is 6.05. The molecule has 1 aliphatic rings. The van der Waals surface area contributed by atoms with Crippen molar-refractivity contribution in [2.75, 3.05) is 6.61 Å². The molecule has 0 aromatic carbocycles. The molecule has 1 N–H and O–H groups in total. The highest BCUT2D eigenvalue weighted by Crippen LogP contribution is 2.26. The summed E-state index contributed by atoms with van der Waals surface area (Å²) in [4.78, 5) is 10.9. The summed E-state index contributed by atoms with van der Waals surface area (Å²) in [6.07, 6.45) is 6.82. The van der Waals surface area contributed by atoms with Gasteiger partial charge in [0.1, 0.15) is 0 Å². The van der Waals surface area contributed by atoms with Crippen LogP contribution in [0.5, 0.6) is 0 Å². The van der Waals surface area contributed by atoms with Crippen LogP contribution in [-0.2, 0) is 9.53 Å². The number of carboxylic acids is 1. The van der Waals surface area contributed by atoms with Crippen molar-refractivity contribution in [1.82, 2.24) is 0 Å². The first-order valence-electron chi connectivity index (χ1n) is 6.77. The van der Waals surface area contributed by atoms with Crippen LogP contribution >= 0.6 is 0 Å². The van der Waals surface area contributed by atoms with Gasteiger partial charge in [-0.15, -0.1) is 0 Å². The van der Waals surface area contributed by atoms with Gasteiger partial charge in [-0.3, -0.25) is 4.79 Å². The highest BCUT2D eigenvalue weighted by molar-refractivity contribution is 5.73. The Morgan fingerprint density at radius 1 is 1.29 bits per heavy atom. The maximum absolute atomic E-state index is 10.9. The first kappa shape index (κ1) is 14.5. The molecule has 0 heterocycles.